The summed E-state index contributed by atoms with van der Waals surface area (Å²) in [6, 6.07) is -1.01. The lowest BCUT2D eigenvalue weighted by Crippen LogP contribution is -2.63. The number of thioether (sulfide) groups is 1. The van der Waals surface area contributed by atoms with Gasteiger partial charge in [-0.05, 0) is 13.3 Å². The molecule has 0 radical (unpaired) electrons. The van der Waals surface area contributed by atoms with Crippen molar-refractivity contribution in [3.05, 3.63) is 10.6 Å². The first-order valence-corrected chi connectivity index (χ1v) is 11.6. The molecule has 0 spiro atoms. The highest BCUT2D eigenvalue weighted by Crippen LogP contribution is 2.52. The Balaban J connectivity index is 1.89. The zero-order valence-corrected chi connectivity index (χ0v) is 20.8. The Hall–Kier alpha value is -1.41. The van der Waals surface area contributed by atoms with Crippen LogP contribution >= 0.6 is 30.7 Å². The summed E-state index contributed by atoms with van der Waals surface area (Å²) in [5.74, 6) is -1.97. The van der Waals surface area contributed by atoms with Crippen LogP contribution in [0.3, 0.4) is 0 Å². The summed E-state index contributed by atoms with van der Waals surface area (Å²) in [5, 5.41) is 9.84. The van der Waals surface area contributed by atoms with E-state index in [0.717, 1.165) is 0 Å². The number of carbonyl (C=O) groups excluding carboxylic acids is 4. The predicted molar refractivity (Wildman–Crippen MR) is 119 cm³/mol. The smallest absolute Gasteiger partial charge is 0.412 e. The van der Waals surface area contributed by atoms with E-state index in [2.05, 4.69) is 0 Å². The number of likely N-dealkylation sites (N-methyl/N-ethyl adjacent to an activating group) is 1. The molecule has 3 rings (SSSR count). The largest absolute Gasteiger partial charge is 0.447 e. The Bertz CT molecular complexity index is 837. The molecular weight excluding hydrogens is 464 g/mol. The highest BCUT2D eigenvalue weighted by atomic mass is 32.2. The number of aliphatic hydroxyl groups excluding tert-OH is 1. The van der Waals surface area contributed by atoms with Crippen LogP contribution in [-0.4, -0.2) is 87.8 Å². The van der Waals surface area contributed by atoms with Crippen LogP contribution in [0.25, 0.3) is 0 Å². The molecule has 2 unspecified atom stereocenters. The van der Waals surface area contributed by atoms with Crippen molar-refractivity contribution in [3.63, 3.8) is 0 Å². The van der Waals surface area contributed by atoms with Crippen molar-refractivity contribution >= 4 is 54.6 Å². The molecule has 2 saturated heterocycles. The second-order valence-corrected chi connectivity index (χ2v) is 9.95. The summed E-state index contributed by atoms with van der Waals surface area (Å²) in [4.78, 5) is 54.8. The van der Waals surface area contributed by atoms with E-state index in [4.69, 9.17) is 9.05 Å². The minimum absolute atomic E-state index is 0.168. The first-order valence-electron chi connectivity index (χ1n) is 9.76. The molecule has 172 valence electrons. The highest BCUT2D eigenvalue weighted by Gasteiger charge is 2.60. The third kappa shape index (κ3) is 4.06. The van der Waals surface area contributed by atoms with Gasteiger partial charge < -0.3 is 24.0 Å². The Morgan fingerprint density at radius 3 is 2.42 bits per heavy atom. The summed E-state index contributed by atoms with van der Waals surface area (Å²) in [6.07, 6.45) is -1.09. The molecule has 1 N–H and O–H groups in total. The van der Waals surface area contributed by atoms with Gasteiger partial charge in [0.2, 0.25) is 11.8 Å². The van der Waals surface area contributed by atoms with Crippen LogP contribution < -0.4 is 0 Å². The van der Waals surface area contributed by atoms with Crippen LogP contribution in [0, 0.1) is 11.8 Å². The summed E-state index contributed by atoms with van der Waals surface area (Å²) in [6.45, 7) is 3.71. The second kappa shape index (κ2) is 9.22. The van der Waals surface area contributed by atoms with Crippen molar-refractivity contribution < 1.29 is 33.3 Å². The third-order valence-electron chi connectivity index (χ3n) is 6.03. The fourth-order valence-corrected chi connectivity index (χ4v) is 6.36. The second-order valence-electron chi connectivity index (χ2n) is 8.13. The van der Waals surface area contributed by atoms with E-state index in [0.29, 0.717) is 11.3 Å². The maximum absolute atomic E-state index is 12.6. The molecule has 3 aliphatic heterocycles. The molecule has 8 atom stereocenters. The normalized spacial score (nSPS) is 30.7. The van der Waals surface area contributed by atoms with Gasteiger partial charge in [0, 0.05) is 36.7 Å². The zero-order chi connectivity index (χ0) is 23.2. The lowest BCUT2D eigenvalue weighted by atomic mass is 9.79. The number of β-lactam (4-membered cyclic amide) rings is 1. The summed E-state index contributed by atoms with van der Waals surface area (Å²) in [7, 11) is 7.03. The van der Waals surface area contributed by atoms with Crippen molar-refractivity contribution in [2.24, 2.45) is 11.8 Å². The highest BCUT2D eigenvalue weighted by molar-refractivity contribution is 8.03. The predicted octanol–water partition coefficient (Wildman–Crippen LogP) is 0.580. The van der Waals surface area contributed by atoms with E-state index in [9.17, 15) is 24.3 Å². The van der Waals surface area contributed by atoms with Gasteiger partial charge in [-0.2, -0.15) is 0 Å². The van der Waals surface area contributed by atoms with Gasteiger partial charge >= 0.3 is 12.1 Å². The molecule has 10 nitrogen and oxygen atoms in total. The molecule has 0 aliphatic carbocycles. The molecule has 3 heterocycles. The minimum atomic E-state index is -0.838. The lowest BCUT2D eigenvalue weighted by molar-refractivity contribution is -0.162. The van der Waals surface area contributed by atoms with E-state index >= 15 is 0 Å². The molecule has 0 aromatic rings. The number of amides is 3. The number of likely N-dealkylation sites (tertiary alicyclic amines) is 1. The van der Waals surface area contributed by atoms with Gasteiger partial charge in [0.25, 0.3) is 0 Å². The van der Waals surface area contributed by atoms with Crippen molar-refractivity contribution in [2.45, 2.75) is 43.7 Å². The number of rotatable bonds is 5. The van der Waals surface area contributed by atoms with Gasteiger partial charge in [0.05, 0.1) is 37.0 Å². The van der Waals surface area contributed by atoms with Gasteiger partial charge in [0.1, 0.15) is 11.7 Å². The van der Waals surface area contributed by atoms with Crippen LogP contribution in [0.2, 0.25) is 0 Å². The van der Waals surface area contributed by atoms with Gasteiger partial charge in [-0.15, -0.1) is 11.8 Å². The van der Waals surface area contributed by atoms with E-state index in [1.807, 2.05) is 25.9 Å². The maximum Gasteiger partial charge on any atom is 0.412 e. The lowest BCUT2D eigenvalue weighted by Gasteiger charge is -2.46. The standard InChI is InChI=1S/C18H27N3O7P2S/c1-7-12-11(8(2)22)16(24)21(12)13(17(25)27-29)14(7)31-9-5-10(15(23)19(3)4)20(6-9)18(26)28-30/h7-12,22H,5-6,29-30H2,1-4H3/t7-,8-,9+,10+,11-,12-/m1/s1. The number of aliphatic hydroxyl groups is 1. The number of nitrogens with zero attached hydrogens (tertiary/aromatic N) is 3. The quantitative estimate of drug-likeness (QED) is 0.439. The third-order valence-corrected chi connectivity index (χ3v) is 7.94. The monoisotopic (exact) mass is 491 g/mol. The Morgan fingerprint density at radius 1 is 1.26 bits per heavy atom. The number of carbonyl (C=O) groups is 4. The number of hydrogen-bond acceptors (Lipinski definition) is 8. The molecule has 0 saturated carbocycles. The first-order chi connectivity index (χ1) is 14.5. The van der Waals surface area contributed by atoms with Gasteiger partial charge in [0.15, 0.2) is 0 Å². The van der Waals surface area contributed by atoms with Crippen molar-refractivity contribution in [2.75, 3.05) is 20.6 Å². The van der Waals surface area contributed by atoms with Crippen molar-refractivity contribution in [1.29, 1.82) is 0 Å². The Kier molecular flexibility index (Phi) is 7.21. The Morgan fingerprint density at radius 2 is 1.90 bits per heavy atom. The van der Waals surface area contributed by atoms with E-state index in [1.54, 1.807) is 21.0 Å². The minimum Gasteiger partial charge on any atom is -0.447 e. The van der Waals surface area contributed by atoms with Crippen LogP contribution in [0.4, 0.5) is 4.79 Å². The fourth-order valence-electron chi connectivity index (χ4n) is 4.59. The molecular formula is C18H27N3O7P2S. The average molecular weight is 491 g/mol. The van der Waals surface area contributed by atoms with Crippen molar-refractivity contribution in [1.82, 2.24) is 14.7 Å². The van der Waals surface area contributed by atoms with Gasteiger partial charge in [-0.1, -0.05) is 6.92 Å². The molecule has 3 amide bonds. The van der Waals surface area contributed by atoms with Gasteiger partial charge in [-0.3, -0.25) is 14.5 Å². The molecule has 0 bridgehead atoms. The van der Waals surface area contributed by atoms with Crippen LogP contribution in [0.1, 0.15) is 20.3 Å². The molecule has 3 aliphatic rings. The molecule has 2 fully saturated rings. The van der Waals surface area contributed by atoms with E-state index in [-0.39, 0.29) is 41.3 Å². The van der Waals surface area contributed by atoms with Crippen LogP contribution in [0.5, 0.6) is 0 Å². The molecule has 0 aromatic carbocycles. The summed E-state index contributed by atoms with van der Waals surface area (Å²) >= 11 is 1.37. The van der Waals surface area contributed by atoms with Crippen LogP contribution in [0.15, 0.2) is 10.6 Å². The van der Waals surface area contributed by atoms with Crippen LogP contribution in [-0.2, 0) is 23.4 Å². The molecule has 31 heavy (non-hydrogen) atoms. The first kappa shape index (κ1) is 24.2. The maximum atomic E-state index is 12.6. The topological polar surface area (TPSA) is 117 Å². The number of hydrogen-bond donors (Lipinski definition) is 1. The zero-order valence-electron chi connectivity index (χ0n) is 17.7. The average Bonchev–Trinajstić information content (AvgIpc) is 3.24. The van der Waals surface area contributed by atoms with E-state index in [1.165, 1.54) is 26.5 Å². The van der Waals surface area contributed by atoms with Gasteiger partial charge in [-0.25, -0.2) is 9.59 Å². The summed E-state index contributed by atoms with van der Waals surface area (Å²) < 4.78 is 9.61. The fraction of sp³-hybridized carbons (Fsp3) is 0.667. The SMILES string of the molecule is C[C@@H](O)[C@H]1C(=O)N2C(C(=O)OP)=C(S[C@H]3C[C@@H](C(=O)N(C)C)N(C(=O)OP)C3)[C@H](C)[C@H]12. The molecule has 0 aromatic heterocycles. The number of fused-ring (bicyclic) bond motifs is 1. The molecule has 13 heteroatoms. The van der Waals surface area contributed by atoms with E-state index < -0.39 is 30.1 Å². The van der Waals surface area contributed by atoms with Crippen molar-refractivity contribution in [3.8, 4) is 0 Å². The summed E-state index contributed by atoms with van der Waals surface area (Å²) in [5.41, 5.74) is 0.168. The Labute approximate surface area is 189 Å².